The second-order valence-corrected chi connectivity index (χ2v) is 10.7. The van der Waals surface area contributed by atoms with E-state index in [0.29, 0.717) is 43.5 Å². The molecule has 1 aliphatic heterocycles. The number of imide groups is 1. The van der Waals surface area contributed by atoms with Crippen molar-refractivity contribution in [1.29, 1.82) is 0 Å². The molecule has 0 radical (unpaired) electrons. The third-order valence-electron chi connectivity index (χ3n) is 8.10. The number of carboxylic acid groups (broad SMARTS) is 1. The molecule has 1 heterocycles. The molecule has 9 heteroatoms. The molecule has 3 N–H and O–H groups in total. The standard InChI is InChI=1S/C34H39N3O6/c1-3-34(4-2)31(41)37(32(34)43-27-18-16-24(17-19-27)22-30(39)40)33(42)36-21-11-20-35-29(38)23-28(25-12-7-5-8-13-25)26-14-9-6-10-15-26/h5-10,12-19,28,32H,3-4,11,20-23H2,1-2H3,(H,35,38)(H,36,42)(H,39,40). The number of amides is 4. The van der Waals surface area contributed by atoms with E-state index in [1.165, 1.54) is 0 Å². The van der Waals surface area contributed by atoms with Gasteiger partial charge in [-0.05, 0) is 48.1 Å². The van der Waals surface area contributed by atoms with Gasteiger partial charge in [0.05, 0.1) is 6.42 Å². The summed E-state index contributed by atoms with van der Waals surface area (Å²) >= 11 is 0. The largest absolute Gasteiger partial charge is 0.481 e. The first kappa shape index (κ1) is 31.3. The number of hydrogen-bond acceptors (Lipinski definition) is 5. The summed E-state index contributed by atoms with van der Waals surface area (Å²) in [7, 11) is 0. The number of nitrogens with zero attached hydrogens (tertiary/aromatic N) is 1. The smallest absolute Gasteiger partial charge is 0.327 e. The Hall–Kier alpha value is -4.66. The lowest BCUT2D eigenvalue weighted by Crippen LogP contribution is -2.73. The number of benzene rings is 3. The van der Waals surface area contributed by atoms with E-state index in [2.05, 4.69) is 10.6 Å². The van der Waals surface area contributed by atoms with Crippen LogP contribution in [0.5, 0.6) is 5.75 Å². The van der Waals surface area contributed by atoms with Crippen molar-refractivity contribution < 1.29 is 29.0 Å². The fourth-order valence-corrected chi connectivity index (χ4v) is 5.54. The summed E-state index contributed by atoms with van der Waals surface area (Å²) in [5, 5.41) is 14.7. The minimum absolute atomic E-state index is 0.0674. The first-order valence-corrected chi connectivity index (χ1v) is 14.7. The molecule has 1 saturated heterocycles. The van der Waals surface area contributed by atoms with E-state index in [-0.39, 0.29) is 30.7 Å². The van der Waals surface area contributed by atoms with Crippen LogP contribution in [0.3, 0.4) is 0 Å². The molecule has 43 heavy (non-hydrogen) atoms. The summed E-state index contributed by atoms with van der Waals surface area (Å²) in [6.07, 6.45) is 0.915. The zero-order valence-corrected chi connectivity index (χ0v) is 24.6. The maximum Gasteiger partial charge on any atom is 0.327 e. The van der Waals surface area contributed by atoms with Crippen LogP contribution in [-0.4, -0.2) is 53.1 Å². The minimum Gasteiger partial charge on any atom is -0.481 e. The van der Waals surface area contributed by atoms with Gasteiger partial charge in [0.1, 0.15) is 11.2 Å². The van der Waals surface area contributed by atoms with Gasteiger partial charge in [0.25, 0.3) is 0 Å². The van der Waals surface area contributed by atoms with E-state index in [4.69, 9.17) is 9.84 Å². The lowest BCUT2D eigenvalue weighted by molar-refractivity contribution is -0.190. The summed E-state index contributed by atoms with van der Waals surface area (Å²) in [5.41, 5.74) is 1.94. The van der Waals surface area contributed by atoms with Gasteiger partial charge in [-0.15, -0.1) is 0 Å². The maximum atomic E-state index is 13.1. The van der Waals surface area contributed by atoms with Crippen LogP contribution >= 0.6 is 0 Å². The minimum atomic E-state index is -0.930. The normalized spacial score (nSPS) is 15.5. The predicted molar refractivity (Wildman–Crippen MR) is 162 cm³/mol. The fourth-order valence-electron chi connectivity index (χ4n) is 5.54. The van der Waals surface area contributed by atoms with Gasteiger partial charge in [-0.3, -0.25) is 14.4 Å². The van der Waals surface area contributed by atoms with Crippen molar-refractivity contribution in [3.8, 4) is 5.75 Å². The van der Waals surface area contributed by atoms with Gasteiger partial charge in [0.15, 0.2) is 6.23 Å². The Morgan fingerprint density at radius 3 is 1.95 bits per heavy atom. The second kappa shape index (κ2) is 14.5. The third kappa shape index (κ3) is 7.41. The molecule has 0 bridgehead atoms. The van der Waals surface area contributed by atoms with Gasteiger partial charge < -0.3 is 20.5 Å². The molecule has 226 valence electrons. The summed E-state index contributed by atoms with van der Waals surface area (Å²) < 4.78 is 6.12. The lowest BCUT2D eigenvalue weighted by Gasteiger charge is -2.53. The van der Waals surface area contributed by atoms with E-state index in [0.717, 1.165) is 16.0 Å². The molecule has 9 nitrogen and oxygen atoms in total. The highest BCUT2D eigenvalue weighted by Crippen LogP contribution is 2.46. The Balaban J connectivity index is 1.28. The Labute approximate surface area is 252 Å². The molecule has 3 aromatic carbocycles. The van der Waals surface area contributed by atoms with Crippen molar-refractivity contribution in [3.63, 3.8) is 0 Å². The van der Waals surface area contributed by atoms with Gasteiger partial charge in [-0.2, -0.15) is 0 Å². The summed E-state index contributed by atoms with van der Waals surface area (Å²) in [4.78, 5) is 51.1. The predicted octanol–water partition coefficient (Wildman–Crippen LogP) is 5.11. The maximum absolute atomic E-state index is 13.1. The van der Waals surface area contributed by atoms with Gasteiger partial charge in [-0.25, -0.2) is 9.69 Å². The number of ether oxygens (including phenoxy) is 1. The summed E-state index contributed by atoms with van der Waals surface area (Å²) in [6, 6.07) is 25.9. The van der Waals surface area contributed by atoms with Crippen LogP contribution in [0.1, 0.15) is 62.1 Å². The summed E-state index contributed by atoms with van der Waals surface area (Å²) in [6.45, 7) is 4.43. The molecule has 1 unspecified atom stereocenters. The average molecular weight is 586 g/mol. The van der Waals surface area contributed by atoms with E-state index in [1.54, 1.807) is 24.3 Å². The number of carbonyl (C=O) groups excluding carboxylic acids is 3. The van der Waals surface area contributed by atoms with Crippen molar-refractivity contribution in [2.24, 2.45) is 5.41 Å². The number of hydrogen-bond donors (Lipinski definition) is 3. The van der Waals surface area contributed by atoms with E-state index in [9.17, 15) is 19.2 Å². The summed E-state index contributed by atoms with van der Waals surface area (Å²) in [5.74, 6) is -0.922. The van der Waals surface area contributed by atoms with Crippen molar-refractivity contribution in [2.45, 2.75) is 58.1 Å². The van der Waals surface area contributed by atoms with E-state index >= 15 is 0 Å². The molecule has 1 fully saturated rings. The van der Waals surface area contributed by atoms with Gasteiger partial charge in [0, 0.05) is 25.4 Å². The van der Waals surface area contributed by atoms with Crippen LogP contribution in [0.4, 0.5) is 4.79 Å². The van der Waals surface area contributed by atoms with Crippen LogP contribution in [-0.2, 0) is 20.8 Å². The van der Waals surface area contributed by atoms with Crippen LogP contribution in [0, 0.1) is 5.41 Å². The molecule has 0 saturated carbocycles. The van der Waals surface area contributed by atoms with Crippen LogP contribution < -0.4 is 15.4 Å². The molecule has 0 aromatic heterocycles. The molecule has 4 rings (SSSR count). The molecular formula is C34H39N3O6. The van der Waals surface area contributed by atoms with E-state index in [1.807, 2.05) is 74.5 Å². The number of rotatable bonds is 14. The highest BCUT2D eigenvalue weighted by molar-refractivity contribution is 6.03. The van der Waals surface area contributed by atoms with Crippen LogP contribution in [0.15, 0.2) is 84.9 Å². The van der Waals surface area contributed by atoms with Crippen molar-refractivity contribution in [3.05, 3.63) is 102 Å². The van der Waals surface area contributed by atoms with Crippen molar-refractivity contribution in [1.82, 2.24) is 15.5 Å². The molecular weight excluding hydrogens is 546 g/mol. The van der Waals surface area contributed by atoms with Crippen molar-refractivity contribution in [2.75, 3.05) is 13.1 Å². The zero-order valence-electron chi connectivity index (χ0n) is 24.6. The fraction of sp³-hybridized carbons (Fsp3) is 0.353. The first-order valence-electron chi connectivity index (χ1n) is 14.7. The Morgan fingerprint density at radius 1 is 0.860 bits per heavy atom. The molecule has 3 aromatic rings. The number of carbonyl (C=O) groups is 4. The number of carboxylic acids is 1. The molecule has 0 spiro atoms. The average Bonchev–Trinajstić information content (AvgIpc) is 3.01. The van der Waals surface area contributed by atoms with Crippen LogP contribution in [0.25, 0.3) is 0 Å². The highest BCUT2D eigenvalue weighted by atomic mass is 16.5. The highest BCUT2D eigenvalue weighted by Gasteiger charge is 2.62. The Morgan fingerprint density at radius 2 is 1.42 bits per heavy atom. The number of urea groups is 1. The molecule has 1 atom stereocenters. The van der Waals surface area contributed by atoms with Crippen molar-refractivity contribution >= 4 is 23.8 Å². The first-order chi connectivity index (χ1) is 20.8. The molecule has 0 aliphatic carbocycles. The molecule has 4 amide bonds. The number of nitrogens with one attached hydrogen (secondary N) is 2. The second-order valence-electron chi connectivity index (χ2n) is 10.7. The van der Waals surface area contributed by atoms with Crippen LogP contribution in [0.2, 0.25) is 0 Å². The number of likely N-dealkylation sites (tertiary alicyclic amines) is 1. The number of aliphatic carboxylic acids is 1. The monoisotopic (exact) mass is 585 g/mol. The topological polar surface area (TPSA) is 125 Å². The Bertz CT molecular complexity index is 1350. The zero-order chi connectivity index (χ0) is 30.8. The third-order valence-corrected chi connectivity index (χ3v) is 8.10. The Kier molecular flexibility index (Phi) is 10.5. The number of β-lactam (4-membered cyclic amide) rings is 1. The quantitative estimate of drug-likeness (QED) is 0.179. The lowest BCUT2D eigenvalue weighted by atomic mass is 9.72. The SMILES string of the molecule is CCC1(CC)C(=O)N(C(=O)NCCCNC(=O)CC(c2ccccc2)c2ccccc2)C1Oc1ccc(CC(=O)O)cc1. The van der Waals surface area contributed by atoms with Gasteiger partial charge >= 0.3 is 12.0 Å². The van der Waals surface area contributed by atoms with Gasteiger partial charge in [-0.1, -0.05) is 86.6 Å². The van der Waals surface area contributed by atoms with Gasteiger partial charge in [0.2, 0.25) is 11.8 Å². The van der Waals surface area contributed by atoms with E-state index < -0.39 is 23.6 Å². The molecule has 1 aliphatic rings.